The lowest BCUT2D eigenvalue weighted by Gasteiger charge is -2.35. The Labute approximate surface area is 183 Å². The second kappa shape index (κ2) is 9.80. The number of H-pyrrole nitrogens is 1. The van der Waals surface area contributed by atoms with E-state index < -0.39 is 10.0 Å². The van der Waals surface area contributed by atoms with Crippen LogP contribution in [0.25, 0.3) is 0 Å². The van der Waals surface area contributed by atoms with Crippen molar-refractivity contribution < 1.29 is 22.7 Å². The molecule has 0 bridgehead atoms. The summed E-state index contributed by atoms with van der Waals surface area (Å²) in [5.41, 5.74) is 2.13. The van der Waals surface area contributed by atoms with Crippen molar-refractivity contribution in [2.75, 3.05) is 32.2 Å². The molecule has 2 aromatic rings. The number of carbonyl (C=O) groups excluding carboxylic acids is 1. The monoisotopic (exact) mass is 450 g/mol. The lowest BCUT2D eigenvalue weighted by molar-refractivity contribution is -0.121. The summed E-state index contributed by atoms with van der Waals surface area (Å²) >= 11 is 0. The number of amides is 1. The van der Waals surface area contributed by atoms with Crippen LogP contribution < -0.4 is 10.1 Å². The summed E-state index contributed by atoms with van der Waals surface area (Å²) in [6, 6.07) is 4.86. The summed E-state index contributed by atoms with van der Waals surface area (Å²) in [7, 11) is -2.15. The van der Waals surface area contributed by atoms with Crippen molar-refractivity contribution in [1.82, 2.24) is 14.5 Å². The highest BCUT2D eigenvalue weighted by Gasteiger charge is 2.35. The van der Waals surface area contributed by atoms with Gasteiger partial charge in [-0.05, 0) is 56.9 Å². The Morgan fingerprint density at radius 1 is 1.23 bits per heavy atom. The number of hydrogen-bond acceptors (Lipinski definition) is 6. The summed E-state index contributed by atoms with van der Waals surface area (Å²) in [4.78, 5) is 12.4. The summed E-state index contributed by atoms with van der Waals surface area (Å²) in [6.45, 7) is 5.80. The molecule has 2 heterocycles. The van der Waals surface area contributed by atoms with E-state index in [1.807, 2.05) is 6.92 Å². The Hall–Kier alpha value is -2.43. The molecule has 1 aromatic heterocycles. The normalized spacial score (nSPS) is 17.5. The van der Waals surface area contributed by atoms with Gasteiger partial charge in [-0.15, -0.1) is 0 Å². The average molecular weight is 451 g/mol. The van der Waals surface area contributed by atoms with E-state index in [4.69, 9.17) is 9.47 Å². The van der Waals surface area contributed by atoms with E-state index in [1.165, 1.54) is 4.31 Å². The van der Waals surface area contributed by atoms with Gasteiger partial charge < -0.3 is 14.8 Å². The lowest BCUT2D eigenvalue weighted by atomic mass is 10.1. The first-order chi connectivity index (χ1) is 14.7. The molecule has 1 saturated heterocycles. The maximum Gasteiger partial charge on any atom is 0.251 e. The predicted molar refractivity (Wildman–Crippen MR) is 117 cm³/mol. The van der Waals surface area contributed by atoms with Crippen LogP contribution in [-0.2, 0) is 19.6 Å². The predicted octanol–water partition coefficient (Wildman–Crippen LogP) is 2.54. The van der Waals surface area contributed by atoms with Crippen molar-refractivity contribution in [3.63, 3.8) is 0 Å². The van der Waals surface area contributed by atoms with Crippen LogP contribution in [0, 0.1) is 20.8 Å². The third kappa shape index (κ3) is 5.44. The quantitative estimate of drug-likeness (QED) is 0.639. The van der Waals surface area contributed by atoms with Gasteiger partial charge in [-0.3, -0.25) is 9.89 Å². The number of aromatic amines is 1. The van der Waals surface area contributed by atoms with E-state index in [0.29, 0.717) is 40.6 Å². The number of ether oxygens (including phenoxy) is 2. The molecule has 1 aliphatic heterocycles. The highest BCUT2D eigenvalue weighted by molar-refractivity contribution is 7.89. The zero-order valence-corrected chi connectivity index (χ0v) is 19.2. The summed E-state index contributed by atoms with van der Waals surface area (Å²) in [5, 5.41) is 9.34. The molecule has 0 spiro atoms. The van der Waals surface area contributed by atoms with Crippen molar-refractivity contribution in [2.45, 2.75) is 51.0 Å². The SMILES string of the molecule is COc1cc(C)c(S(=O)(=O)N2CCCCC2COCC(=O)Nc2cc(C)[nH]n2)c(C)c1. The van der Waals surface area contributed by atoms with Crippen molar-refractivity contribution in [1.29, 1.82) is 0 Å². The van der Waals surface area contributed by atoms with Crippen LogP contribution in [0.5, 0.6) is 5.75 Å². The molecule has 9 nitrogen and oxygen atoms in total. The van der Waals surface area contributed by atoms with E-state index in [9.17, 15) is 13.2 Å². The smallest absolute Gasteiger partial charge is 0.251 e. The number of sulfonamides is 1. The van der Waals surface area contributed by atoms with Gasteiger partial charge in [0, 0.05) is 24.3 Å². The number of aryl methyl sites for hydroxylation is 3. The van der Waals surface area contributed by atoms with Gasteiger partial charge in [-0.1, -0.05) is 6.42 Å². The van der Waals surface area contributed by atoms with Crippen molar-refractivity contribution in [3.8, 4) is 5.75 Å². The van der Waals surface area contributed by atoms with Crippen LogP contribution in [0.2, 0.25) is 0 Å². The number of rotatable bonds is 8. The second-order valence-corrected chi connectivity index (χ2v) is 9.68. The van der Waals surface area contributed by atoms with Crippen LogP contribution in [0.3, 0.4) is 0 Å². The zero-order chi connectivity index (χ0) is 22.6. The molecule has 1 atom stereocenters. The standard InChI is InChI=1S/C21H30N4O5S/c1-14-9-18(29-4)10-15(2)21(14)31(27,28)25-8-6-5-7-17(25)12-30-13-20(26)22-19-11-16(3)23-24-19/h9-11,17H,5-8,12-13H2,1-4H3,(H2,22,23,24,26). The molecule has 1 aliphatic rings. The number of hydrogen-bond donors (Lipinski definition) is 2. The molecule has 0 aliphatic carbocycles. The van der Waals surface area contributed by atoms with E-state index in [0.717, 1.165) is 18.5 Å². The average Bonchev–Trinajstić information content (AvgIpc) is 3.11. The molecule has 0 saturated carbocycles. The minimum absolute atomic E-state index is 0.153. The van der Waals surface area contributed by atoms with E-state index in [2.05, 4.69) is 15.5 Å². The molecule has 170 valence electrons. The van der Waals surface area contributed by atoms with Crippen LogP contribution in [-0.4, -0.2) is 61.7 Å². The van der Waals surface area contributed by atoms with Crippen molar-refractivity contribution >= 4 is 21.7 Å². The molecular formula is C21H30N4O5S. The Morgan fingerprint density at radius 3 is 2.55 bits per heavy atom. The highest BCUT2D eigenvalue weighted by atomic mass is 32.2. The molecule has 1 fully saturated rings. The Balaban J connectivity index is 1.68. The molecule has 10 heteroatoms. The van der Waals surface area contributed by atoms with Gasteiger partial charge in [0.2, 0.25) is 10.0 Å². The van der Waals surface area contributed by atoms with Gasteiger partial charge in [-0.2, -0.15) is 9.40 Å². The molecule has 3 rings (SSSR count). The minimum atomic E-state index is -3.71. The van der Waals surface area contributed by atoms with Gasteiger partial charge in [0.1, 0.15) is 12.4 Å². The third-order valence-corrected chi connectivity index (χ3v) is 7.58. The molecule has 2 N–H and O–H groups in total. The second-order valence-electron chi connectivity index (χ2n) is 7.86. The number of carbonyl (C=O) groups is 1. The fourth-order valence-electron chi connectivity index (χ4n) is 3.96. The molecule has 0 radical (unpaired) electrons. The first-order valence-electron chi connectivity index (χ1n) is 10.3. The van der Waals surface area contributed by atoms with Gasteiger partial charge >= 0.3 is 0 Å². The molecule has 1 unspecified atom stereocenters. The van der Waals surface area contributed by atoms with Gasteiger partial charge in [0.25, 0.3) is 5.91 Å². The lowest BCUT2D eigenvalue weighted by Crippen LogP contribution is -2.46. The van der Waals surface area contributed by atoms with Gasteiger partial charge in [0.15, 0.2) is 5.82 Å². The van der Waals surface area contributed by atoms with Crippen LogP contribution in [0.15, 0.2) is 23.1 Å². The first kappa shape index (κ1) is 23.2. The fraction of sp³-hybridized carbons (Fsp3) is 0.524. The number of anilines is 1. The van der Waals surface area contributed by atoms with E-state index >= 15 is 0 Å². The Kier molecular flexibility index (Phi) is 7.34. The van der Waals surface area contributed by atoms with Crippen molar-refractivity contribution in [2.24, 2.45) is 0 Å². The van der Waals surface area contributed by atoms with Gasteiger partial charge in [0.05, 0.1) is 18.6 Å². The van der Waals surface area contributed by atoms with Crippen molar-refractivity contribution in [3.05, 3.63) is 35.0 Å². The number of nitrogens with zero attached hydrogens (tertiary/aromatic N) is 2. The molecule has 31 heavy (non-hydrogen) atoms. The number of piperidine rings is 1. The molecule has 1 amide bonds. The Bertz CT molecular complexity index is 1010. The van der Waals surface area contributed by atoms with Gasteiger partial charge in [-0.25, -0.2) is 8.42 Å². The Morgan fingerprint density at radius 2 is 1.94 bits per heavy atom. The summed E-state index contributed by atoms with van der Waals surface area (Å²) in [6.07, 6.45) is 2.40. The van der Waals surface area contributed by atoms with Crippen LogP contribution in [0.1, 0.15) is 36.1 Å². The molecular weight excluding hydrogens is 420 g/mol. The number of aromatic nitrogens is 2. The van der Waals surface area contributed by atoms with E-state index in [-0.39, 0.29) is 25.2 Å². The highest BCUT2D eigenvalue weighted by Crippen LogP contribution is 2.31. The number of nitrogens with one attached hydrogen (secondary N) is 2. The largest absolute Gasteiger partial charge is 0.497 e. The summed E-state index contributed by atoms with van der Waals surface area (Å²) in [5.74, 6) is 0.725. The first-order valence-corrected chi connectivity index (χ1v) is 11.7. The maximum absolute atomic E-state index is 13.5. The topological polar surface area (TPSA) is 114 Å². The fourth-order valence-corrected chi connectivity index (χ4v) is 6.05. The summed E-state index contributed by atoms with van der Waals surface area (Å²) < 4.78 is 39.4. The maximum atomic E-state index is 13.5. The van der Waals surface area contributed by atoms with Crippen LogP contribution in [0.4, 0.5) is 5.82 Å². The van der Waals surface area contributed by atoms with Crippen LogP contribution >= 0.6 is 0 Å². The third-order valence-electron chi connectivity index (χ3n) is 5.33. The van der Waals surface area contributed by atoms with E-state index in [1.54, 1.807) is 39.2 Å². The minimum Gasteiger partial charge on any atom is -0.497 e. The molecule has 1 aromatic carbocycles. The zero-order valence-electron chi connectivity index (χ0n) is 18.4. The number of methoxy groups -OCH3 is 1. The number of benzene rings is 1.